The standard InChI is InChI=1S/C23H20N4O5/c1-30-19-8-7-14(12-20(19)31-2)18-9-10-24-21-13-17(26-27(18)21)22(28)25-16-6-4-5-15(11-16)23(29)32-3/h4-13H,1-3H3,(H,25,28). The number of carbonyl (C=O) groups is 2. The summed E-state index contributed by atoms with van der Waals surface area (Å²) in [4.78, 5) is 28.8. The van der Waals surface area contributed by atoms with Crippen LogP contribution in [0.25, 0.3) is 16.9 Å². The summed E-state index contributed by atoms with van der Waals surface area (Å²) in [6.07, 6.45) is 1.64. The maximum Gasteiger partial charge on any atom is 0.337 e. The molecule has 0 spiro atoms. The third kappa shape index (κ3) is 3.95. The first-order valence-electron chi connectivity index (χ1n) is 9.61. The maximum absolute atomic E-state index is 12.8. The molecule has 0 saturated carbocycles. The van der Waals surface area contributed by atoms with Crippen molar-refractivity contribution >= 4 is 23.2 Å². The van der Waals surface area contributed by atoms with E-state index >= 15 is 0 Å². The summed E-state index contributed by atoms with van der Waals surface area (Å²) in [5, 5.41) is 7.18. The number of nitrogens with zero attached hydrogens (tertiary/aromatic N) is 3. The van der Waals surface area contributed by atoms with Gasteiger partial charge in [-0.05, 0) is 42.5 Å². The van der Waals surface area contributed by atoms with Crippen molar-refractivity contribution in [1.29, 1.82) is 0 Å². The number of hydrogen-bond donors (Lipinski definition) is 1. The Bertz CT molecular complexity index is 1310. The van der Waals surface area contributed by atoms with E-state index in [4.69, 9.17) is 14.2 Å². The fourth-order valence-corrected chi connectivity index (χ4v) is 3.26. The first kappa shape index (κ1) is 20.9. The lowest BCUT2D eigenvalue weighted by molar-refractivity contribution is 0.0600. The molecule has 162 valence electrons. The summed E-state index contributed by atoms with van der Waals surface area (Å²) in [5.41, 5.74) is 3.00. The Morgan fingerprint density at radius 2 is 1.75 bits per heavy atom. The van der Waals surface area contributed by atoms with E-state index in [2.05, 4.69) is 15.4 Å². The molecule has 0 bridgehead atoms. The Morgan fingerprint density at radius 1 is 0.938 bits per heavy atom. The number of aromatic nitrogens is 3. The molecule has 0 aliphatic rings. The highest BCUT2D eigenvalue weighted by molar-refractivity contribution is 6.04. The van der Waals surface area contributed by atoms with Crippen molar-refractivity contribution in [2.24, 2.45) is 0 Å². The number of hydrogen-bond acceptors (Lipinski definition) is 7. The third-order valence-electron chi connectivity index (χ3n) is 4.81. The quantitative estimate of drug-likeness (QED) is 0.465. The van der Waals surface area contributed by atoms with E-state index < -0.39 is 11.9 Å². The number of rotatable bonds is 6. The minimum absolute atomic E-state index is 0.175. The SMILES string of the molecule is COC(=O)c1cccc(NC(=O)c2cc3nccc(-c4ccc(OC)c(OC)c4)n3n2)c1. The molecule has 0 aliphatic heterocycles. The zero-order valence-electron chi connectivity index (χ0n) is 17.7. The average molecular weight is 432 g/mol. The van der Waals surface area contributed by atoms with Crippen molar-refractivity contribution in [2.75, 3.05) is 26.6 Å². The Kier molecular flexibility index (Phi) is 5.71. The van der Waals surface area contributed by atoms with Gasteiger partial charge >= 0.3 is 5.97 Å². The van der Waals surface area contributed by atoms with Crippen molar-refractivity contribution in [3.05, 3.63) is 72.1 Å². The monoisotopic (exact) mass is 432 g/mol. The highest BCUT2D eigenvalue weighted by Crippen LogP contribution is 2.32. The van der Waals surface area contributed by atoms with Crippen molar-refractivity contribution in [1.82, 2.24) is 14.6 Å². The molecule has 0 aliphatic carbocycles. The zero-order valence-corrected chi connectivity index (χ0v) is 17.7. The van der Waals surface area contributed by atoms with Crippen LogP contribution in [-0.4, -0.2) is 47.8 Å². The van der Waals surface area contributed by atoms with E-state index in [0.717, 1.165) is 11.3 Å². The lowest BCUT2D eigenvalue weighted by Gasteiger charge is -2.10. The zero-order chi connectivity index (χ0) is 22.7. The minimum Gasteiger partial charge on any atom is -0.493 e. The van der Waals surface area contributed by atoms with Crippen LogP contribution in [0.3, 0.4) is 0 Å². The topological polar surface area (TPSA) is 104 Å². The Morgan fingerprint density at radius 3 is 2.50 bits per heavy atom. The molecule has 0 fully saturated rings. The lowest BCUT2D eigenvalue weighted by atomic mass is 10.1. The van der Waals surface area contributed by atoms with E-state index in [0.29, 0.717) is 28.4 Å². The number of amides is 1. The van der Waals surface area contributed by atoms with Gasteiger partial charge in [0.2, 0.25) is 0 Å². The number of anilines is 1. The number of ether oxygens (including phenoxy) is 3. The van der Waals surface area contributed by atoms with Crippen LogP contribution in [0.5, 0.6) is 11.5 Å². The summed E-state index contributed by atoms with van der Waals surface area (Å²) in [5.74, 6) is 0.259. The fraction of sp³-hybridized carbons (Fsp3) is 0.130. The van der Waals surface area contributed by atoms with Gasteiger partial charge in [-0.25, -0.2) is 14.3 Å². The van der Waals surface area contributed by atoms with Gasteiger partial charge < -0.3 is 19.5 Å². The van der Waals surface area contributed by atoms with Crippen molar-refractivity contribution in [3.8, 4) is 22.8 Å². The van der Waals surface area contributed by atoms with Gasteiger partial charge in [0.1, 0.15) is 0 Å². The smallest absolute Gasteiger partial charge is 0.337 e. The second-order valence-electron chi connectivity index (χ2n) is 6.73. The molecule has 2 aromatic heterocycles. The maximum atomic E-state index is 12.8. The third-order valence-corrected chi connectivity index (χ3v) is 4.81. The highest BCUT2D eigenvalue weighted by atomic mass is 16.5. The molecule has 32 heavy (non-hydrogen) atoms. The molecular formula is C23H20N4O5. The summed E-state index contributed by atoms with van der Waals surface area (Å²) in [7, 11) is 4.43. The molecule has 9 heteroatoms. The molecular weight excluding hydrogens is 412 g/mol. The van der Waals surface area contributed by atoms with Crippen LogP contribution in [0.2, 0.25) is 0 Å². The van der Waals surface area contributed by atoms with Crippen LogP contribution in [0.15, 0.2) is 60.8 Å². The Hall–Kier alpha value is -4.40. The summed E-state index contributed by atoms with van der Waals surface area (Å²) >= 11 is 0. The van der Waals surface area contributed by atoms with Crippen LogP contribution < -0.4 is 14.8 Å². The molecule has 0 atom stereocenters. The van der Waals surface area contributed by atoms with Crippen molar-refractivity contribution in [3.63, 3.8) is 0 Å². The summed E-state index contributed by atoms with van der Waals surface area (Å²) in [6, 6.07) is 15.3. The second kappa shape index (κ2) is 8.76. The Labute approximate surface area is 183 Å². The van der Waals surface area contributed by atoms with Crippen LogP contribution in [-0.2, 0) is 4.74 Å². The molecule has 2 aromatic carbocycles. The molecule has 1 amide bonds. The lowest BCUT2D eigenvalue weighted by Crippen LogP contribution is -2.13. The van der Waals surface area contributed by atoms with Crippen LogP contribution in [0, 0.1) is 0 Å². The minimum atomic E-state index is -0.488. The van der Waals surface area contributed by atoms with Gasteiger partial charge in [0.15, 0.2) is 22.8 Å². The second-order valence-corrected chi connectivity index (χ2v) is 6.73. The molecule has 1 N–H and O–H groups in total. The number of nitrogens with one attached hydrogen (secondary N) is 1. The molecule has 9 nitrogen and oxygen atoms in total. The average Bonchev–Trinajstić information content (AvgIpc) is 3.28. The van der Waals surface area contributed by atoms with Gasteiger partial charge in [0.25, 0.3) is 5.91 Å². The molecule has 0 radical (unpaired) electrons. The van der Waals surface area contributed by atoms with Crippen LogP contribution in [0.1, 0.15) is 20.8 Å². The largest absolute Gasteiger partial charge is 0.493 e. The van der Waals surface area contributed by atoms with E-state index in [1.54, 1.807) is 61.3 Å². The van der Waals surface area contributed by atoms with Gasteiger partial charge in [-0.2, -0.15) is 5.10 Å². The first-order chi connectivity index (χ1) is 15.5. The van der Waals surface area contributed by atoms with E-state index in [9.17, 15) is 9.59 Å². The van der Waals surface area contributed by atoms with Gasteiger partial charge in [-0.15, -0.1) is 0 Å². The molecule has 2 heterocycles. The van der Waals surface area contributed by atoms with Gasteiger partial charge in [-0.3, -0.25) is 4.79 Å². The normalized spacial score (nSPS) is 10.6. The number of esters is 1. The number of carbonyl (C=O) groups excluding carboxylic acids is 2. The van der Waals surface area contributed by atoms with Crippen LogP contribution >= 0.6 is 0 Å². The predicted octanol–water partition coefficient (Wildman–Crippen LogP) is 3.45. The summed E-state index contributed by atoms with van der Waals surface area (Å²) < 4.78 is 17.0. The van der Waals surface area contributed by atoms with E-state index in [-0.39, 0.29) is 5.69 Å². The molecule has 4 rings (SSSR count). The predicted molar refractivity (Wildman–Crippen MR) is 117 cm³/mol. The number of benzene rings is 2. The van der Waals surface area contributed by atoms with Crippen molar-refractivity contribution in [2.45, 2.75) is 0 Å². The highest BCUT2D eigenvalue weighted by Gasteiger charge is 2.16. The van der Waals surface area contributed by atoms with Gasteiger partial charge in [0, 0.05) is 23.5 Å². The summed E-state index contributed by atoms with van der Waals surface area (Å²) in [6.45, 7) is 0. The molecule has 4 aromatic rings. The van der Waals surface area contributed by atoms with Crippen LogP contribution in [0.4, 0.5) is 5.69 Å². The van der Waals surface area contributed by atoms with Gasteiger partial charge in [-0.1, -0.05) is 6.07 Å². The Balaban J connectivity index is 1.66. The van der Waals surface area contributed by atoms with Crippen molar-refractivity contribution < 1.29 is 23.8 Å². The fourth-order valence-electron chi connectivity index (χ4n) is 3.26. The number of methoxy groups -OCH3 is 3. The molecule has 0 unspecified atom stereocenters. The van der Waals surface area contributed by atoms with Gasteiger partial charge in [0.05, 0.1) is 32.6 Å². The molecule has 0 saturated heterocycles. The number of fused-ring (bicyclic) bond motifs is 1. The first-order valence-corrected chi connectivity index (χ1v) is 9.61. The van der Waals surface area contributed by atoms with E-state index in [1.165, 1.54) is 13.2 Å². The van der Waals surface area contributed by atoms with E-state index in [1.807, 2.05) is 12.1 Å².